The third-order valence-corrected chi connectivity index (χ3v) is 4.76. The first-order valence-electron chi connectivity index (χ1n) is 9.72. The van der Waals surface area contributed by atoms with E-state index in [2.05, 4.69) is 20.6 Å². The predicted molar refractivity (Wildman–Crippen MR) is 116 cm³/mol. The Morgan fingerprint density at radius 2 is 1.71 bits per heavy atom. The van der Waals surface area contributed by atoms with Crippen molar-refractivity contribution in [3.63, 3.8) is 0 Å². The van der Waals surface area contributed by atoms with Gasteiger partial charge in [-0.1, -0.05) is 48.5 Å². The summed E-state index contributed by atoms with van der Waals surface area (Å²) >= 11 is 0. The second kappa shape index (κ2) is 8.66. The number of aromatic amines is 1. The van der Waals surface area contributed by atoms with Crippen molar-refractivity contribution in [1.29, 1.82) is 0 Å². The average Bonchev–Trinajstić information content (AvgIpc) is 3.40. The molecule has 31 heavy (non-hydrogen) atoms. The molecule has 4 rings (SSSR count). The van der Waals surface area contributed by atoms with E-state index in [9.17, 15) is 9.59 Å². The van der Waals surface area contributed by atoms with Gasteiger partial charge in [-0.3, -0.25) is 9.89 Å². The number of esters is 1. The number of carbonyl (C=O) groups is 2. The average molecular weight is 415 g/mol. The van der Waals surface area contributed by atoms with Gasteiger partial charge in [0.2, 0.25) is 0 Å². The van der Waals surface area contributed by atoms with E-state index in [1.807, 2.05) is 74.5 Å². The molecular formula is C23H21N5O3. The van der Waals surface area contributed by atoms with Gasteiger partial charge in [-0.05, 0) is 32.0 Å². The summed E-state index contributed by atoms with van der Waals surface area (Å²) in [5, 5.41) is 14.0. The molecule has 2 heterocycles. The maximum atomic E-state index is 12.4. The lowest BCUT2D eigenvalue weighted by Gasteiger charge is -2.07. The van der Waals surface area contributed by atoms with Crippen molar-refractivity contribution >= 4 is 17.6 Å². The Hall–Kier alpha value is -4.20. The number of aromatic nitrogens is 4. The van der Waals surface area contributed by atoms with Gasteiger partial charge in [0.1, 0.15) is 5.69 Å². The van der Waals surface area contributed by atoms with Gasteiger partial charge in [0, 0.05) is 5.56 Å². The number of H-pyrrole nitrogens is 1. The molecule has 0 bridgehead atoms. The van der Waals surface area contributed by atoms with Gasteiger partial charge in [0.15, 0.2) is 6.61 Å². The van der Waals surface area contributed by atoms with Gasteiger partial charge in [-0.25, -0.2) is 9.48 Å². The molecule has 8 nitrogen and oxygen atoms in total. The van der Waals surface area contributed by atoms with Crippen LogP contribution in [0.5, 0.6) is 0 Å². The number of ether oxygens (including phenoxy) is 1. The molecule has 0 atom stereocenters. The topological polar surface area (TPSA) is 102 Å². The SMILES string of the molecule is Cc1nn(-c2ccccc2)c(C)c1NC(=O)COC(=O)c1cc(-c2ccccc2)n[nH]1. The zero-order chi connectivity index (χ0) is 21.8. The highest BCUT2D eigenvalue weighted by Gasteiger charge is 2.18. The van der Waals surface area contributed by atoms with E-state index in [1.54, 1.807) is 10.7 Å². The molecule has 0 saturated carbocycles. The summed E-state index contributed by atoms with van der Waals surface area (Å²) in [5.41, 5.74) is 4.61. The van der Waals surface area contributed by atoms with Crippen molar-refractivity contribution in [1.82, 2.24) is 20.0 Å². The van der Waals surface area contributed by atoms with Crippen LogP contribution < -0.4 is 5.32 Å². The fourth-order valence-electron chi connectivity index (χ4n) is 3.21. The van der Waals surface area contributed by atoms with E-state index < -0.39 is 18.5 Å². The normalized spacial score (nSPS) is 10.6. The molecule has 1 amide bonds. The van der Waals surface area contributed by atoms with E-state index in [1.165, 1.54) is 0 Å². The van der Waals surface area contributed by atoms with Crippen molar-refractivity contribution in [3.8, 4) is 16.9 Å². The molecular weight excluding hydrogens is 394 g/mol. The molecule has 0 saturated heterocycles. The molecule has 0 fully saturated rings. The van der Waals surface area contributed by atoms with E-state index in [0.717, 1.165) is 16.9 Å². The van der Waals surface area contributed by atoms with E-state index >= 15 is 0 Å². The van der Waals surface area contributed by atoms with Crippen LogP contribution in [0.15, 0.2) is 66.7 Å². The minimum atomic E-state index is -0.654. The summed E-state index contributed by atoms with van der Waals surface area (Å²) in [6, 6.07) is 20.7. The summed E-state index contributed by atoms with van der Waals surface area (Å²) in [6.45, 7) is 3.25. The summed E-state index contributed by atoms with van der Waals surface area (Å²) in [7, 11) is 0. The maximum Gasteiger partial charge on any atom is 0.356 e. The van der Waals surface area contributed by atoms with Crippen LogP contribution in [0.25, 0.3) is 16.9 Å². The van der Waals surface area contributed by atoms with Crippen molar-refractivity contribution in [2.75, 3.05) is 11.9 Å². The number of hydrogen-bond donors (Lipinski definition) is 2. The first kappa shape index (κ1) is 20.1. The monoisotopic (exact) mass is 415 g/mol. The highest BCUT2D eigenvalue weighted by molar-refractivity contribution is 5.96. The first-order valence-corrected chi connectivity index (χ1v) is 9.72. The molecule has 4 aromatic rings. The van der Waals surface area contributed by atoms with Crippen molar-refractivity contribution in [2.45, 2.75) is 13.8 Å². The van der Waals surface area contributed by atoms with E-state index in [-0.39, 0.29) is 5.69 Å². The van der Waals surface area contributed by atoms with Crippen LogP contribution in [0.3, 0.4) is 0 Å². The lowest BCUT2D eigenvalue weighted by atomic mass is 10.1. The van der Waals surface area contributed by atoms with Crippen LogP contribution in [-0.4, -0.2) is 38.5 Å². The quantitative estimate of drug-likeness (QED) is 0.468. The molecule has 0 aliphatic rings. The minimum absolute atomic E-state index is 0.177. The van der Waals surface area contributed by atoms with Crippen molar-refractivity contribution < 1.29 is 14.3 Å². The number of carbonyl (C=O) groups excluding carboxylic acids is 2. The van der Waals surface area contributed by atoms with Gasteiger partial charge in [0.05, 0.1) is 28.5 Å². The third-order valence-electron chi connectivity index (χ3n) is 4.76. The van der Waals surface area contributed by atoms with Gasteiger partial charge < -0.3 is 10.1 Å². The zero-order valence-corrected chi connectivity index (χ0v) is 17.1. The van der Waals surface area contributed by atoms with E-state index in [4.69, 9.17) is 4.74 Å². The van der Waals surface area contributed by atoms with Gasteiger partial charge in [-0.15, -0.1) is 0 Å². The van der Waals surface area contributed by atoms with Crippen LogP contribution in [0.1, 0.15) is 21.9 Å². The number of nitrogens with zero attached hydrogens (tertiary/aromatic N) is 3. The highest BCUT2D eigenvalue weighted by atomic mass is 16.5. The summed E-state index contributed by atoms with van der Waals surface area (Å²) in [4.78, 5) is 24.7. The van der Waals surface area contributed by atoms with E-state index in [0.29, 0.717) is 17.1 Å². The molecule has 0 radical (unpaired) electrons. The Morgan fingerprint density at radius 3 is 2.42 bits per heavy atom. The van der Waals surface area contributed by atoms with Gasteiger partial charge in [-0.2, -0.15) is 10.2 Å². The third kappa shape index (κ3) is 4.37. The number of rotatable bonds is 6. The number of para-hydroxylation sites is 1. The van der Waals surface area contributed by atoms with Gasteiger partial charge >= 0.3 is 5.97 Å². The van der Waals surface area contributed by atoms with Crippen LogP contribution in [0.4, 0.5) is 5.69 Å². The zero-order valence-electron chi connectivity index (χ0n) is 17.1. The second-order valence-corrected chi connectivity index (χ2v) is 6.95. The predicted octanol–water partition coefficient (Wildman–Crippen LogP) is 3.67. The number of nitrogens with one attached hydrogen (secondary N) is 2. The van der Waals surface area contributed by atoms with Crippen LogP contribution in [0.2, 0.25) is 0 Å². The number of anilines is 1. The first-order chi connectivity index (χ1) is 15.0. The summed E-state index contributed by atoms with van der Waals surface area (Å²) < 4.78 is 6.89. The number of amides is 1. The lowest BCUT2D eigenvalue weighted by molar-refractivity contribution is -0.119. The largest absolute Gasteiger partial charge is 0.451 e. The van der Waals surface area contributed by atoms with Crippen molar-refractivity contribution in [2.24, 2.45) is 0 Å². The standard InChI is InChI=1S/C23H21N5O3/c1-15-22(16(2)28(27-15)18-11-7-4-8-12-18)24-21(29)14-31-23(30)20-13-19(25-26-20)17-9-5-3-6-10-17/h3-13H,14H2,1-2H3,(H,24,29)(H,25,26). The Kier molecular flexibility index (Phi) is 5.61. The Morgan fingerprint density at radius 1 is 1.03 bits per heavy atom. The molecule has 0 unspecified atom stereocenters. The molecule has 0 aliphatic heterocycles. The molecule has 0 spiro atoms. The van der Waals surface area contributed by atoms with Crippen LogP contribution in [-0.2, 0) is 9.53 Å². The molecule has 2 N–H and O–H groups in total. The lowest BCUT2D eigenvalue weighted by Crippen LogP contribution is -2.21. The minimum Gasteiger partial charge on any atom is -0.451 e. The molecule has 156 valence electrons. The molecule has 2 aromatic carbocycles. The van der Waals surface area contributed by atoms with Crippen molar-refractivity contribution in [3.05, 3.63) is 83.8 Å². The second-order valence-electron chi connectivity index (χ2n) is 6.95. The van der Waals surface area contributed by atoms with Gasteiger partial charge in [0.25, 0.3) is 5.91 Å². The number of hydrogen-bond acceptors (Lipinski definition) is 5. The molecule has 0 aliphatic carbocycles. The molecule has 2 aromatic heterocycles. The number of benzene rings is 2. The fourth-order valence-corrected chi connectivity index (χ4v) is 3.21. The smallest absolute Gasteiger partial charge is 0.356 e. The molecule has 8 heteroatoms. The highest BCUT2D eigenvalue weighted by Crippen LogP contribution is 2.23. The van der Waals surface area contributed by atoms with Crippen LogP contribution in [0, 0.1) is 13.8 Å². The Labute approximate surface area is 178 Å². The maximum absolute atomic E-state index is 12.4. The Bertz CT molecular complexity index is 1210. The fraction of sp³-hybridized carbons (Fsp3) is 0.130. The summed E-state index contributed by atoms with van der Waals surface area (Å²) in [5.74, 6) is -1.10. The summed E-state index contributed by atoms with van der Waals surface area (Å²) in [6.07, 6.45) is 0. The Balaban J connectivity index is 1.38. The number of aryl methyl sites for hydroxylation is 1. The van der Waals surface area contributed by atoms with Crippen LogP contribution >= 0.6 is 0 Å².